The normalized spacial score (nSPS) is 15.6. The van der Waals surface area contributed by atoms with Crippen LogP contribution in [-0.4, -0.2) is 21.9 Å². The molecule has 0 bridgehead atoms. The van der Waals surface area contributed by atoms with Gasteiger partial charge in [-0.2, -0.15) is 13.2 Å². The van der Waals surface area contributed by atoms with E-state index in [1.54, 1.807) is 6.92 Å². The van der Waals surface area contributed by atoms with E-state index >= 15 is 0 Å². The van der Waals surface area contributed by atoms with Gasteiger partial charge in [-0.3, -0.25) is 4.79 Å². The summed E-state index contributed by atoms with van der Waals surface area (Å²) in [5.74, 6) is -1.59. The highest BCUT2D eigenvalue weighted by atomic mass is 19.4. The highest BCUT2D eigenvalue weighted by Gasteiger charge is 2.40. The number of aromatic nitrogens is 2. The molecule has 0 saturated heterocycles. The van der Waals surface area contributed by atoms with Crippen LogP contribution < -0.4 is 5.32 Å². The van der Waals surface area contributed by atoms with Crippen molar-refractivity contribution in [1.82, 2.24) is 14.9 Å². The minimum Gasteiger partial charge on any atom is -0.321 e. The molecule has 1 atom stereocenters. The van der Waals surface area contributed by atoms with Crippen molar-refractivity contribution in [2.24, 2.45) is 5.92 Å². The summed E-state index contributed by atoms with van der Waals surface area (Å²) in [6.07, 6.45) is -2.69. The first kappa shape index (κ1) is 18.7. The lowest BCUT2D eigenvalue weighted by Gasteiger charge is -2.19. The molecule has 0 amide bonds. The molecule has 1 N–H and O–H groups in total. The summed E-state index contributed by atoms with van der Waals surface area (Å²) in [5, 5.41) is 2.98. The lowest BCUT2D eigenvalue weighted by Crippen LogP contribution is -2.31. The average molecular weight is 319 g/mol. The first-order valence-corrected chi connectivity index (χ1v) is 7.69. The van der Waals surface area contributed by atoms with Crippen LogP contribution in [0.5, 0.6) is 0 Å². The number of rotatable bonds is 3. The third kappa shape index (κ3) is 4.09. The molecule has 0 spiro atoms. The van der Waals surface area contributed by atoms with E-state index in [1.165, 1.54) is 6.42 Å². The van der Waals surface area contributed by atoms with Gasteiger partial charge in [0.15, 0.2) is 5.78 Å². The number of nitrogens with one attached hydrogen (secondary N) is 1. The maximum Gasteiger partial charge on any atom is 0.449 e. The topological polar surface area (TPSA) is 46.9 Å². The second kappa shape index (κ2) is 7.76. The summed E-state index contributed by atoms with van der Waals surface area (Å²) >= 11 is 0. The van der Waals surface area contributed by atoms with E-state index in [0.717, 1.165) is 4.57 Å². The fraction of sp³-hybridized carbons (Fsp3) is 0.733. The van der Waals surface area contributed by atoms with E-state index in [4.69, 9.17) is 0 Å². The summed E-state index contributed by atoms with van der Waals surface area (Å²) in [6, 6.07) is 0. The lowest BCUT2D eigenvalue weighted by atomic mass is 10.00. The van der Waals surface area contributed by atoms with Crippen LogP contribution >= 0.6 is 0 Å². The number of hydrogen-bond acceptors (Lipinski definition) is 3. The molecular formula is C15H24F3N3O. The van der Waals surface area contributed by atoms with Crippen molar-refractivity contribution in [2.45, 2.75) is 59.8 Å². The molecule has 1 aliphatic heterocycles. The van der Waals surface area contributed by atoms with Crippen molar-refractivity contribution in [3.63, 3.8) is 0 Å². The fourth-order valence-corrected chi connectivity index (χ4v) is 2.14. The molecule has 1 aromatic heterocycles. The summed E-state index contributed by atoms with van der Waals surface area (Å²) < 4.78 is 39.9. The number of fused-ring (bicyclic) bond motifs is 1. The maximum atomic E-state index is 12.9. The average Bonchev–Trinajstić information content (AvgIpc) is 2.86. The zero-order valence-electron chi connectivity index (χ0n) is 13.5. The Hall–Kier alpha value is -1.37. The van der Waals surface area contributed by atoms with Gasteiger partial charge in [-0.25, -0.2) is 4.98 Å². The van der Waals surface area contributed by atoms with Crippen molar-refractivity contribution in [2.75, 3.05) is 6.54 Å². The van der Waals surface area contributed by atoms with E-state index in [2.05, 4.69) is 24.1 Å². The predicted octanol–water partition coefficient (Wildman–Crippen LogP) is 3.65. The van der Waals surface area contributed by atoms with Crippen LogP contribution in [0.1, 0.15) is 62.5 Å². The van der Waals surface area contributed by atoms with E-state index in [1.807, 2.05) is 6.92 Å². The number of hydrogen-bond donors (Lipinski definition) is 1. The van der Waals surface area contributed by atoms with Gasteiger partial charge < -0.3 is 9.88 Å². The van der Waals surface area contributed by atoms with Crippen molar-refractivity contribution in [3.05, 3.63) is 17.2 Å². The smallest absolute Gasteiger partial charge is 0.321 e. The van der Waals surface area contributed by atoms with Gasteiger partial charge in [-0.15, -0.1) is 0 Å². The van der Waals surface area contributed by atoms with Crippen LogP contribution in [0.15, 0.2) is 0 Å². The van der Waals surface area contributed by atoms with Gasteiger partial charge in [0.25, 0.3) is 0 Å². The summed E-state index contributed by atoms with van der Waals surface area (Å²) in [4.78, 5) is 15.7. The number of ketones is 1. The summed E-state index contributed by atoms with van der Waals surface area (Å²) in [7, 11) is 0. The maximum absolute atomic E-state index is 12.9. The molecule has 1 unspecified atom stereocenters. The number of carbonyl (C=O) groups excluding carboxylic acids is 1. The van der Waals surface area contributed by atoms with Gasteiger partial charge in [0, 0.05) is 25.6 Å². The molecule has 126 valence electrons. The zero-order chi connectivity index (χ0) is 16.9. The second-order valence-corrected chi connectivity index (χ2v) is 5.44. The van der Waals surface area contributed by atoms with Crippen LogP contribution in [-0.2, 0) is 19.3 Å². The van der Waals surface area contributed by atoms with Crippen molar-refractivity contribution < 1.29 is 18.0 Å². The molecule has 0 saturated carbocycles. The Labute approximate surface area is 129 Å². The van der Waals surface area contributed by atoms with Crippen LogP contribution in [0.4, 0.5) is 13.2 Å². The van der Waals surface area contributed by atoms with E-state index in [9.17, 15) is 18.0 Å². The van der Waals surface area contributed by atoms with Gasteiger partial charge in [-0.1, -0.05) is 34.1 Å². The predicted molar refractivity (Wildman–Crippen MR) is 78.7 cm³/mol. The number of nitrogens with zero attached hydrogens (tertiary/aromatic N) is 2. The molecule has 0 radical (unpaired) electrons. The third-order valence-electron chi connectivity index (χ3n) is 3.42. The van der Waals surface area contributed by atoms with Crippen molar-refractivity contribution in [1.29, 1.82) is 0 Å². The number of halogens is 3. The molecule has 2 heterocycles. The standard InChI is InChI=1S/C12H16F3N3O.C3H8/c1-3-7(2)10(19)9-8-6-16-4-5-18(8)11(17-9)12(13,14)15;1-3-2/h7,16H,3-6H2,1-2H3;3H2,1-2H3. The monoisotopic (exact) mass is 319 g/mol. The Morgan fingerprint density at radius 1 is 1.36 bits per heavy atom. The molecule has 2 rings (SSSR count). The highest BCUT2D eigenvalue weighted by molar-refractivity contribution is 5.97. The molecule has 1 aromatic rings. The third-order valence-corrected chi connectivity index (χ3v) is 3.42. The Morgan fingerprint density at radius 3 is 2.45 bits per heavy atom. The molecular weight excluding hydrogens is 295 g/mol. The highest BCUT2D eigenvalue weighted by Crippen LogP contribution is 2.32. The molecule has 4 nitrogen and oxygen atoms in total. The van der Waals surface area contributed by atoms with Gasteiger partial charge >= 0.3 is 6.18 Å². The van der Waals surface area contributed by atoms with Crippen LogP contribution in [0.2, 0.25) is 0 Å². The first-order chi connectivity index (χ1) is 10.3. The molecule has 22 heavy (non-hydrogen) atoms. The molecule has 0 fully saturated rings. The molecule has 7 heteroatoms. The Balaban J connectivity index is 0.000000745. The van der Waals surface area contributed by atoms with Crippen molar-refractivity contribution in [3.8, 4) is 0 Å². The van der Waals surface area contributed by atoms with Gasteiger partial charge in [0.2, 0.25) is 5.82 Å². The van der Waals surface area contributed by atoms with Crippen LogP contribution in [0.3, 0.4) is 0 Å². The number of alkyl halides is 3. The Kier molecular flexibility index (Phi) is 6.59. The van der Waals surface area contributed by atoms with Gasteiger partial charge in [-0.05, 0) is 6.42 Å². The minimum atomic E-state index is -4.53. The SMILES string of the molecule is CCC.CCC(C)C(=O)c1nc(C(F)(F)F)n2c1CNCC2. The quantitative estimate of drug-likeness (QED) is 0.865. The fourth-order valence-electron chi connectivity index (χ4n) is 2.14. The van der Waals surface area contributed by atoms with Crippen molar-refractivity contribution >= 4 is 5.78 Å². The van der Waals surface area contributed by atoms with Gasteiger partial charge in [0.05, 0.1) is 5.69 Å². The van der Waals surface area contributed by atoms with E-state index < -0.39 is 12.0 Å². The second-order valence-electron chi connectivity index (χ2n) is 5.44. The zero-order valence-corrected chi connectivity index (χ0v) is 13.5. The van der Waals surface area contributed by atoms with E-state index in [0.29, 0.717) is 18.7 Å². The number of imidazole rings is 1. The Bertz CT molecular complexity index is 509. The first-order valence-electron chi connectivity index (χ1n) is 7.69. The largest absolute Gasteiger partial charge is 0.449 e. The van der Waals surface area contributed by atoms with Crippen LogP contribution in [0.25, 0.3) is 0 Å². The minimum absolute atomic E-state index is 0.0334. The summed E-state index contributed by atoms with van der Waals surface area (Å²) in [6.45, 7) is 8.67. The Morgan fingerprint density at radius 2 is 1.95 bits per heavy atom. The molecule has 0 aromatic carbocycles. The lowest BCUT2D eigenvalue weighted by molar-refractivity contribution is -0.147. The summed E-state index contributed by atoms with van der Waals surface area (Å²) in [5.41, 5.74) is 0.317. The molecule has 1 aliphatic rings. The number of Topliss-reactive ketones (excluding diaryl/α,β-unsaturated/α-hetero) is 1. The van der Waals surface area contributed by atoms with Gasteiger partial charge in [0.1, 0.15) is 5.69 Å². The van der Waals surface area contributed by atoms with E-state index in [-0.39, 0.29) is 30.5 Å². The van der Waals surface area contributed by atoms with Crippen LogP contribution in [0, 0.1) is 5.92 Å². The number of carbonyl (C=O) groups is 1. The molecule has 0 aliphatic carbocycles.